The van der Waals surface area contributed by atoms with Gasteiger partial charge in [-0.05, 0) is 339 Å². The molecule has 16 heterocycles. The van der Waals surface area contributed by atoms with E-state index in [0.717, 1.165) is 214 Å². The van der Waals surface area contributed by atoms with Gasteiger partial charge in [0.25, 0.3) is 0 Å². The Bertz CT molecular complexity index is 7130. The van der Waals surface area contributed by atoms with Crippen molar-refractivity contribution in [1.82, 2.24) is 82.9 Å². The van der Waals surface area contributed by atoms with Crippen LogP contribution < -0.4 is 4.90 Å². The van der Waals surface area contributed by atoms with Gasteiger partial charge in [-0.1, -0.05) is 48.5 Å². The molecule has 5 N–H and O–H groups in total. The van der Waals surface area contributed by atoms with Crippen LogP contribution in [0.15, 0.2) is 174 Å². The minimum Gasteiger partial charge on any atom is -0.367 e. The van der Waals surface area contributed by atoms with Gasteiger partial charge in [-0.3, -0.25) is 34.3 Å². The number of aryl methyl sites for hydroxylation is 3. The molecule has 0 aliphatic carbocycles. The first-order chi connectivity index (χ1) is 69.1. The number of fused-ring (bicyclic) bond motifs is 24. The predicted molar refractivity (Wildman–Crippen MR) is 584 cm³/mol. The van der Waals surface area contributed by atoms with E-state index in [2.05, 4.69) is 284 Å². The van der Waals surface area contributed by atoms with Gasteiger partial charge < -0.3 is 43.5 Å². The van der Waals surface area contributed by atoms with Crippen LogP contribution in [0.3, 0.4) is 0 Å². The van der Waals surface area contributed by atoms with Gasteiger partial charge in [-0.15, -0.1) is 0 Å². The second kappa shape index (κ2) is 44.2. The molecule has 17 aromatic rings. The van der Waals surface area contributed by atoms with E-state index in [1.54, 1.807) is 54.6 Å². The maximum Gasteiger partial charge on any atom is 0.126 e. The molecular formula is C119H145BrF6N18. The molecule has 25 rings (SSSR count). The smallest absolute Gasteiger partial charge is 0.126 e. The molecule has 18 nitrogen and oxygen atoms in total. The largest absolute Gasteiger partial charge is 0.367 e. The fourth-order valence-corrected chi connectivity index (χ4v) is 23.2. The van der Waals surface area contributed by atoms with Crippen LogP contribution in [-0.2, 0) is 104 Å². The van der Waals surface area contributed by atoms with Crippen LogP contribution in [0.2, 0.25) is 0 Å². The molecule has 8 aliphatic rings. The normalized spacial score (nSPS) is 16.3. The van der Waals surface area contributed by atoms with Gasteiger partial charge in [0.1, 0.15) is 46.6 Å². The Labute approximate surface area is 853 Å². The van der Waals surface area contributed by atoms with E-state index in [0.29, 0.717) is 48.3 Å². The van der Waals surface area contributed by atoms with E-state index in [-0.39, 0.29) is 34.9 Å². The number of halogens is 7. The Balaban J connectivity index is 0.000000109. The molecule has 760 valence electrons. The summed E-state index contributed by atoms with van der Waals surface area (Å²) in [5.74, 6) is 1.19. The number of anilines is 1. The SMILES string of the molecule is CC(C)N1CCCc2[nH]c3cc(F)ccc3c21.CC(C)N1CCc2[nH]c3cc(F)ccc3c2C1.CC(C)N1CCc2c([nH]c3cc(F)cc(Br)c23)C1.CC(C)N1CCc2c([nH]c3ccc(F)cc23)C1.CC(C)N1CCc2c(n(Cc3ccccc3)c3cc(F)ccc23)C1.CC(C)N1CCn2c(nc3cc(F)ccc32)C1.Cc1ccc2c(c1)nc1n2CCN(C(C)C)C1.Cc1ccc2c3c([nH]c2c1)CN(C(C)C)CC3. The number of imidazole rings is 2. The molecule has 0 fully saturated rings. The van der Waals surface area contributed by atoms with Crippen molar-refractivity contribution in [3.63, 3.8) is 0 Å². The summed E-state index contributed by atoms with van der Waals surface area (Å²) in [6.07, 6.45) is 7.52. The average Bonchev–Trinajstić information content (AvgIpc) is 1.55. The zero-order chi connectivity index (χ0) is 101. The summed E-state index contributed by atoms with van der Waals surface area (Å²) < 4.78 is 87.9. The third kappa shape index (κ3) is 22.5. The molecule has 8 aliphatic heterocycles. The summed E-state index contributed by atoms with van der Waals surface area (Å²) in [5, 5.41) is 7.17. The highest BCUT2D eigenvalue weighted by molar-refractivity contribution is 9.10. The zero-order valence-electron chi connectivity index (χ0n) is 87.4. The second-order valence-corrected chi connectivity index (χ2v) is 43.8. The highest BCUT2D eigenvalue weighted by atomic mass is 79.9. The monoisotopic (exact) mass is 2020 g/mol. The Morgan fingerprint density at radius 2 is 0.736 bits per heavy atom. The molecule has 0 saturated heterocycles. The number of rotatable bonds is 10. The maximum absolute atomic E-state index is 13.9. The number of hydrogen-bond acceptors (Lipinski definition) is 10. The molecule has 0 bridgehead atoms. The predicted octanol–water partition coefficient (Wildman–Crippen LogP) is 26.3. The van der Waals surface area contributed by atoms with E-state index in [4.69, 9.17) is 4.98 Å². The van der Waals surface area contributed by atoms with Crippen molar-refractivity contribution in [3.05, 3.63) is 300 Å². The third-order valence-electron chi connectivity index (χ3n) is 30.9. The van der Waals surface area contributed by atoms with E-state index in [1.165, 1.54) is 155 Å². The van der Waals surface area contributed by atoms with E-state index in [1.807, 2.05) is 36.4 Å². The van der Waals surface area contributed by atoms with Crippen LogP contribution in [0.25, 0.3) is 87.5 Å². The Morgan fingerprint density at radius 1 is 0.306 bits per heavy atom. The minimum absolute atomic E-state index is 0.148. The highest BCUT2D eigenvalue weighted by Gasteiger charge is 2.33. The Morgan fingerprint density at radius 3 is 1.35 bits per heavy atom. The highest BCUT2D eigenvalue weighted by Crippen LogP contribution is 2.41. The number of aromatic nitrogens is 10. The quantitative estimate of drug-likeness (QED) is 0.0839. The summed E-state index contributed by atoms with van der Waals surface area (Å²) in [7, 11) is 0. The van der Waals surface area contributed by atoms with Gasteiger partial charge in [-0.25, -0.2) is 36.3 Å². The fraction of sp³-hybridized carbons (Fsp3) is 0.429. The molecule has 0 atom stereocenters. The van der Waals surface area contributed by atoms with Gasteiger partial charge in [0.05, 0.1) is 51.9 Å². The lowest BCUT2D eigenvalue weighted by Crippen LogP contribution is -2.38. The van der Waals surface area contributed by atoms with Crippen LogP contribution in [0.1, 0.15) is 208 Å². The number of benzene rings is 9. The average molecular weight is 2020 g/mol. The molecule has 0 saturated carbocycles. The lowest BCUT2D eigenvalue weighted by atomic mass is 10.0. The van der Waals surface area contributed by atoms with Crippen molar-refractivity contribution in [2.45, 2.75) is 283 Å². The van der Waals surface area contributed by atoms with Crippen LogP contribution in [0.5, 0.6) is 0 Å². The van der Waals surface area contributed by atoms with Crippen LogP contribution in [0, 0.1) is 48.8 Å². The maximum atomic E-state index is 13.9. The lowest BCUT2D eigenvalue weighted by Gasteiger charge is -2.33. The van der Waals surface area contributed by atoms with Gasteiger partial charge in [0, 0.05) is 259 Å². The third-order valence-corrected chi connectivity index (χ3v) is 31.5. The standard InChI is InChI=1S/C21H23FN2.C15H20N2.C14H16BrFN2.3C14H17FN2.C14H19N3.C13H16FN3/c1-15(2)23-11-10-19-18-9-8-17(22)12-20(18)24(21(19)14-23)13-16-6-4-3-5-7-16;1-10(2)17-7-6-13-12-5-4-11(3)8-14(12)16-15(13)9-17;1-8(2)18-4-3-10-13(7-18)17-12-6-9(16)5-11(15)14(10)12;1-9(2)17-6-5-11-12-7-10(15)3-4-13(12)16-14(11)8-17;1-9(2)17-6-5-13-12(8-17)11-4-3-10(15)7-14(11)16-13;1-9(2)17-7-3-4-12-14(17)11-6-5-10(15)8-13(11)16-12;1-10(2)16-6-7-17-13-5-4-11(3)8-12(13)15-14(17)9-16;1-9(2)16-5-6-17-12-4-3-10(14)7-11(12)15-13(17)8-16/h3-9,12,15H,10-11,13-14H2,1-2H3;4-5,8,10,16H,6-7,9H2,1-3H3;5-6,8,17H,3-4,7H2,1-2H3;2*3-4,7,9,16H,5-6,8H2,1-2H3;5-6,8-9,16H,3-4,7H2,1-2H3;4-5,8,10H,6-7,9H2,1-3H3;3-4,7,9H,5-6,8H2,1-2H3. The zero-order valence-corrected chi connectivity index (χ0v) is 89.0. The molecule has 25 heteroatoms. The molecule has 0 radical (unpaired) electrons. The molecular weight excluding hydrogens is 1880 g/mol. The van der Waals surface area contributed by atoms with Gasteiger partial charge in [0.2, 0.25) is 0 Å². The van der Waals surface area contributed by atoms with Crippen LogP contribution in [0.4, 0.5) is 32.0 Å². The summed E-state index contributed by atoms with van der Waals surface area (Å²) in [4.78, 5) is 46.0. The van der Waals surface area contributed by atoms with Crippen LogP contribution >= 0.6 is 15.9 Å². The number of H-pyrrole nitrogens is 5. The van der Waals surface area contributed by atoms with E-state index < -0.39 is 0 Å². The minimum atomic E-state index is -0.214. The van der Waals surface area contributed by atoms with Crippen molar-refractivity contribution in [2.75, 3.05) is 57.3 Å². The summed E-state index contributed by atoms with van der Waals surface area (Å²) in [6, 6.07) is 56.4. The van der Waals surface area contributed by atoms with Crippen molar-refractivity contribution in [3.8, 4) is 0 Å². The van der Waals surface area contributed by atoms with Gasteiger partial charge in [-0.2, -0.15) is 0 Å². The topological polar surface area (TPSA) is 145 Å². The Hall–Kier alpha value is -11.3. The van der Waals surface area contributed by atoms with Crippen LogP contribution in [-0.4, -0.2) is 184 Å². The van der Waals surface area contributed by atoms with Crippen molar-refractivity contribution in [2.24, 2.45) is 0 Å². The molecule has 0 amide bonds. The molecule has 8 aromatic heterocycles. The second-order valence-electron chi connectivity index (χ2n) is 42.9. The lowest BCUT2D eigenvalue weighted by molar-refractivity contribution is 0.175. The molecule has 9 aromatic carbocycles. The number of nitrogens with one attached hydrogen (secondary N) is 5. The number of aromatic amines is 5. The first-order valence-corrected chi connectivity index (χ1v) is 53.3. The van der Waals surface area contributed by atoms with E-state index in [9.17, 15) is 26.3 Å². The Kier molecular flexibility index (Phi) is 31.5. The van der Waals surface area contributed by atoms with Crippen molar-refractivity contribution >= 4 is 109 Å². The summed E-state index contributed by atoms with van der Waals surface area (Å²) >= 11 is 3.48. The summed E-state index contributed by atoms with van der Waals surface area (Å²) in [6.45, 7) is 58.1. The first kappa shape index (κ1) is 103. The fourth-order valence-electron chi connectivity index (χ4n) is 22.5. The first-order valence-electron chi connectivity index (χ1n) is 52.5. The van der Waals surface area contributed by atoms with Gasteiger partial charge >= 0.3 is 0 Å². The number of hydrogen-bond donors (Lipinski definition) is 5. The van der Waals surface area contributed by atoms with Crippen molar-refractivity contribution in [1.29, 1.82) is 0 Å². The summed E-state index contributed by atoms with van der Waals surface area (Å²) in [5.41, 5.74) is 30.3. The van der Waals surface area contributed by atoms with Gasteiger partial charge in [0.15, 0.2) is 0 Å². The molecule has 0 unspecified atom stereocenters. The molecule has 0 spiro atoms. The number of nitrogens with zero attached hydrogens (tertiary/aromatic N) is 13. The molecule has 144 heavy (non-hydrogen) atoms. The van der Waals surface area contributed by atoms with E-state index >= 15 is 0 Å². The van der Waals surface area contributed by atoms with Crippen molar-refractivity contribution < 1.29 is 26.3 Å².